The number of carbonyl (C=O) groups excluding carboxylic acids is 2. The minimum absolute atomic E-state index is 0.0643. The minimum atomic E-state index is -4.51. The molecule has 0 bridgehead atoms. The molecule has 0 aliphatic carbocycles. The van der Waals surface area contributed by atoms with Crippen molar-refractivity contribution in [3.63, 3.8) is 0 Å². The first-order valence-electron chi connectivity index (χ1n) is 6.99. The molecule has 0 radical (unpaired) electrons. The van der Waals surface area contributed by atoms with Gasteiger partial charge < -0.3 is 5.32 Å². The summed E-state index contributed by atoms with van der Waals surface area (Å²) in [5.41, 5.74) is -0.610. The third kappa shape index (κ3) is 3.60. The van der Waals surface area contributed by atoms with Crippen LogP contribution in [-0.4, -0.2) is 16.5 Å². The summed E-state index contributed by atoms with van der Waals surface area (Å²) < 4.78 is 51.2. The van der Waals surface area contributed by atoms with Crippen molar-refractivity contribution in [3.05, 3.63) is 59.9 Å². The molecule has 0 saturated carbocycles. The highest BCUT2D eigenvalue weighted by Gasteiger charge is 2.41. The molecule has 1 atom stereocenters. The van der Waals surface area contributed by atoms with Crippen LogP contribution in [0.15, 0.2) is 48.5 Å². The van der Waals surface area contributed by atoms with Gasteiger partial charge in [0.1, 0.15) is 5.82 Å². The van der Waals surface area contributed by atoms with Crippen molar-refractivity contribution in [2.45, 2.75) is 11.6 Å². The lowest BCUT2D eigenvalue weighted by atomic mass is 10.2. The summed E-state index contributed by atoms with van der Waals surface area (Å²) in [7, 11) is 0. The highest BCUT2D eigenvalue weighted by atomic mass is 32.2. The second-order valence-corrected chi connectivity index (χ2v) is 6.19. The number of carbonyl (C=O) groups is 2. The first-order valence-corrected chi connectivity index (χ1v) is 7.87. The summed E-state index contributed by atoms with van der Waals surface area (Å²) in [5.74, 6) is -1.16. The quantitative estimate of drug-likeness (QED) is 0.810. The third-order valence-corrected chi connectivity index (χ3v) is 4.36. The molecular weight excluding hydrogens is 360 g/mol. The van der Waals surface area contributed by atoms with Gasteiger partial charge in [-0.25, -0.2) is 9.29 Å². The van der Waals surface area contributed by atoms with Gasteiger partial charge in [0.2, 0.25) is 0 Å². The Hall–Kier alpha value is -2.55. The molecule has 130 valence electrons. The molecule has 1 aliphatic rings. The molecule has 1 N–H and O–H groups in total. The molecule has 1 aliphatic heterocycles. The van der Waals surface area contributed by atoms with Gasteiger partial charge in [-0.3, -0.25) is 9.59 Å². The van der Waals surface area contributed by atoms with Gasteiger partial charge in [-0.15, -0.1) is 0 Å². The lowest BCUT2D eigenvalue weighted by Crippen LogP contribution is -2.34. The van der Waals surface area contributed by atoms with Crippen LogP contribution in [0.2, 0.25) is 0 Å². The molecular formula is C16H10F4N2O2S. The molecule has 2 aromatic rings. The van der Waals surface area contributed by atoms with Crippen LogP contribution in [0.25, 0.3) is 0 Å². The summed E-state index contributed by atoms with van der Waals surface area (Å²) >= 11 is 0.640. The number of halogens is 4. The van der Waals surface area contributed by atoms with E-state index in [1.54, 1.807) is 0 Å². The van der Waals surface area contributed by atoms with Crippen LogP contribution in [0.3, 0.4) is 0 Å². The maximum Gasteiger partial charge on any atom is 0.416 e. The SMILES string of the molecule is O=C1SC(Nc2cccc(C(F)(F)F)c2)C(=O)N1c1ccc(F)cc1. The van der Waals surface area contributed by atoms with Crippen molar-refractivity contribution in [2.24, 2.45) is 0 Å². The Bertz CT molecular complexity index is 824. The standard InChI is InChI=1S/C16H10F4N2O2S/c17-10-4-6-12(7-5-10)22-14(23)13(25-15(22)24)21-11-3-1-2-9(8-11)16(18,19)20/h1-8,13,21H. The summed E-state index contributed by atoms with van der Waals surface area (Å²) in [6.07, 6.45) is -4.51. The second kappa shape index (κ2) is 6.40. The summed E-state index contributed by atoms with van der Waals surface area (Å²) in [5, 5.41) is 0.957. The first-order chi connectivity index (χ1) is 11.8. The fourth-order valence-corrected chi connectivity index (χ4v) is 3.17. The molecule has 2 aromatic carbocycles. The monoisotopic (exact) mass is 370 g/mol. The fraction of sp³-hybridized carbons (Fsp3) is 0.125. The van der Waals surface area contributed by atoms with Crippen LogP contribution in [0.5, 0.6) is 0 Å². The molecule has 1 unspecified atom stereocenters. The van der Waals surface area contributed by atoms with Gasteiger partial charge in [0.25, 0.3) is 11.1 Å². The van der Waals surface area contributed by atoms with Gasteiger partial charge in [0.15, 0.2) is 5.37 Å². The molecule has 3 rings (SSSR count). The Morgan fingerprint density at radius 1 is 1.04 bits per heavy atom. The molecule has 2 amide bonds. The highest BCUT2D eigenvalue weighted by molar-refractivity contribution is 8.16. The third-order valence-electron chi connectivity index (χ3n) is 3.42. The molecule has 0 aromatic heterocycles. The number of thioether (sulfide) groups is 1. The number of benzene rings is 2. The van der Waals surface area contributed by atoms with Gasteiger partial charge >= 0.3 is 6.18 Å². The van der Waals surface area contributed by atoms with Crippen molar-refractivity contribution < 1.29 is 27.2 Å². The minimum Gasteiger partial charge on any atom is -0.365 e. The number of imide groups is 1. The first kappa shape index (κ1) is 17.3. The topological polar surface area (TPSA) is 49.4 Å². The van der Waals surface area contributed by atoms with Crippen LogP contribution < -0.4 is 10.2 Å². The van der Waals surface area contributed by atoms with Crippen LogP contribution in [-0.2, 0) is 11.0 Å². The normalized spacial score (nSPS) is 17.9. The van der Waals surface area contributed by atoms with Crippen molar-refractivity contribution in [2.75, 3.05) is 10.2 Å². The molecule has 1 saturated heterocycles. The van der Waals surface area contributed by atoms with E-state index in [1.807, 2.05) is 0 Å². The lowest BCUT2D eigenvalue weighted by Gasteiger charge is -2.15. The molecule has 1 heterocycles. The van der Waals surface area contributed by atoms with E-state index in [1.165, 1.54) is 24.3 Å². The number of amides is 2. The number of alkyl halides is 3. The van der Waals surface area contributed by atoms with E-state index < -0.39 is 34.1 Å². The average molecular weight is 370 g/mol. The zero-order valence-electron chi connectivity index (χ0n) is 12.4. The van der Waals surface area contributed by atoms with Gasteiger partial charge in [-0.2, -0.15) is 13.2 Å². The van der Waals surface area contributed by atoms with Crippen molar-refractivity contribution in [1.29, 1.82) is 0 Å². The van der Waals surface area contributed by atoms with Crippen LogP contribution in [0, 0.1) is 5.82 Å². The Labute approximate surface area is 143 Å². The largest absolute Gasteiger partial charge is 0.416 e. The number of anilines is 2. The predicted octanol–water partition coefficient (Wildman–Crippen LogP) is 4.48. The average Bonchev–Trinajstić information content (AvgIpc) is 2.82. The Morgan fingerprint density at radius 2 is 1.72 bits per heavy atom. The van der Waals surface area contributed by atoms with E-state index in [9.17, 15) is 27.2 Å². The molecule has 25 heavy (non-hydrogen) atoms. The Kier molecular flexibility index (Phi) is 4.42. The van der Waals surface area contributed by atoms with Crippen LogP contribution in [0.4, 0.5) is 33.7 Å². The number of nitrogens with zero attached hydrogens (tertiary/aromatic N) is 1. The molecule has 1 fully saturated rings. The maximum atomic E-state index is 13.0. The van der Waals surface area contributed by atoms with Gasteiger partial charge in [-0.05, 0) is 54.2 Å². The van der Waals surface area contributed by atoms with Gasteiger partial charge in [0, 0.05) is 5.69 Å². The van der Waals surface area contributed by atoms with Crippen molar-refractivity contribution in [3.8, 4) is 0 Å². The van der Waals surface area contributed by atoms with Gasteiger partial charge in [0.05, 0.1) is 11.3 Å². The number of rotatable bonds is 3. The second-order valence-electron chi connectivity index (χ2n) is 5.14. The summed E-state index contributed by atoms with van der Waals surface area (Å²) in [6, 6.07) is 9.10. The summed E-state index contributed by atoms with van der Waals surface area (Å²) in [4.78, 5) is 25.3. The predicted molar refractivity (Wildman–Crippen MR) is 85.7 cm³/mol. The lowest BCUT2D eigenvalue weighted by molar-refractivity contribution is -0.137. The zero-order valence-corrected chi connectivity index (χ0v) is 13.2. The van der Waals surface area contributed by atoms with E-state index in [4.69, 9.17) is 0 Å². The van der Waals surface area contributed by atoms with E-state index in [2.05, 4.69) is 5.32 Å². The Balaban J connectivity index is 1.80. The highest BCUT2D eigenvalue weighted by Crippen LogP contribution is 2.34. The molecule has 0 spiro atoms. The number of nitrogens with one attached hydrogen (secondary N) is 1. The van der Waals surface area contributed by atoms with Crippen LogP contribution in [0.1, 0.15) is 5.56 Å². The number of hydrogen-bond donors (Lipinski definition) is 1. The van der Waals surface area contributed by atoms with Crippen molar-refractivity contribution >= 4 is 34.3 Å². The fourth-order valence-electron chi connectivity index (χ4n) is 2.26. The smallest absolute Gasteiger partial charge is 0.365 e. The van der Waals surface area contributed by atoms with E-state index in [-0.39, 0.29) is 11.4 Å². The molecule has 9 heteroatoms. The number of hydrogen-bond acceptors (Lipinski definition) is 4. The van der Waals surface area contributed by atoms with E-state index in [0.717, 1.165) is 29.2 Å². The van der Waals surface area contributed by atoms with Gasteiger partial charge in [-0.1, -0.05) is 6.07 Å². The maximum absolute atomic E-state index is 13.0. The summed E-state index contributed by atoms with van der Waals surface area (Å²) in [6.45, 7) is 0. The van der Waals surface area contributed by atoms with E-state index in [0.29, 0.717) is 11.8 Å². The molecule has 4 nitrogen and oxygen atoms in total. The van der Waals surface area contributed by atoms with Crippen molar-refractivity contribution in [1.82, 2.24) is 0 Å². The zero-order chi connectivity index (χ0) is 18.2. The van der Waals surface area contributed by atoms with Crippen LogP contribution >= 0.6 is 11.8 Å². The van der Waals surface area contributed by atoms with E-state index >= 15 is 0 Å². The Morgan fingerprint density at radius 3 is 2.36 bits per heavy atom.